The average Bonchev–Trinajstić information content (AvgIpc) is 2.56. The zero-order valence-electron chi connectivity index (χ0n) is 12.3. The summed E-state index contributed by atoms with van der Waals surface area (Å²) >= 11 is 6.83. The van der Waals surface area contributed by atoms with E-state index in [1.807, 2.05) is 0 Å². The number of hydrogen-bond acceptors (Lipinski definition) is 3. The van der Waals surface area contributed by atoms with Crippen LogP contribution in [0.25, 0.3) is 0 Å². The van der Waals surface area contributed by atoms with E-state index >= 15 is 0 Å². The summed E-state index contributed by atoms with van der Waals surface area (Å²) in [6.07, 6.45) is 0. The lowest BCUT2D eigenvalue weighted by atomic mass is 10.3. The molecule has 24 heavy (non-hydrogen) atoms. The van der Waals surface area contributed by atoms with Crippen molar-refractivity contribution in [2.75, 3.05) is 17.6 Å². The van der Waals surface area contributed by atoms with E-state index in [0.717, 1.165) is 0 Å². The molecule has 0 spiro atoms. The van der Waals surface area contributed by atoms with Crippen LogP contribution in [0.15, 0.2) is 47.4 Å². The topological polar surface area (TPSA) is 58.2 Å². The molecule has 0 saturated heterocycles. The Morgan fingerprint density at radius 2 is 1.75 bits per heavy atom. The third kappa shape index (κ3) is 5.82. The van der Waals surface area contributed by atoms with Crippen molar-refractivity contribution in [2.45, 2.75) is 4.90 Å². The fraction of sp³-hybridized carbons (Fsp3) is 0.125. The largest absolute Gasteiger partial charge is 0.346 e. The van der Waals surface area contributed by atoms with Crippen molar-refractivity contribution in [1.82, 2.24) is 5.32 Å². The molecular weight excluding hydrogens is 358 g/mol. The van der Waals surface area contributed by atoms with Crippen LogP contribution in [0.3, 0.4) is 0 Å². The van der Waals surface area contributed by atoms with Crippen LogP contribution < -0.4 is 10.6 Å². The molecular formula is C16H13ClF2N2O2S. The summed E-state index contributed by atoms with van der Waals surface area (Å²) in [4.78, 5) is 24.0. The number of rotatable bonds is 6. The minimum absolute atomic E-state index is 0.0147. The Kier molecular flexibility index (Phi) is 6.57. The minimum Gasteiger partial charge on any atom is -0.346 e. The molecule has 2 amide bonds. The van der Waals surface area contributed by atoms with E-state index in [1.54, 1.807) is 0 Å². The summed E-state index contributed by atoms with van der Waals surface area (Å²) in [7, 11) is 0. The Balaban J connectivity index is 1.73. The van der Waals surface area contributed by atoms with Gasteiger partial charge in [0.25, 0.3) is 0 Å². The Morgan fingerprint density at radius 1 is 1.04 bits per heavy atom. The number of anilines is 1. The van der Waals surface area contributed by atoms with Crippen molar-refractivity contribution in [3.8, 4) is 0 Å². The third-order valence-corrected chi connectivity index (χ3v) is 4.12. The Labute approximate surface area is 146 Å². The van der Waals surface area contributed by atoms with Crippen LogP contribution in [0.2, 0.25) is 5.02 Å². The van der Waals surface area contributed by atoms with Crippen molar-refractivity contribution in [1.29, 1.82) is 0 Å². The first kappa shape index (κ1) is 18.2. The molecule has 0 unspecified atom stereocenters. The van der Waals surface area contributed by atoms with Crippen LogP contribution in [-0.2, 0) is 9.59 Å². The Morgan fingerprint density at radius 3 is 2.42 bits per heavy atom. The second-order valence-electron chi connectivity index (χ2n) is 4.70. The van der Waals surface area contributed by atoms with Crippen molar-refractivity contribution in [2.24, 2.45) is 0 Å². The molecule has 0 bridgehead atoms. The van der Waals surface area contributed by atoms with Crippen molar-refractivity contribution < 1.29 is 18.4 Å². The van der Waals surface area contributed by atoms with Gasteiger partial charge in [-0.3, -0.25) is 9.59 Å². The maximum Gasteiger partial charge on any atom is 0.243 e. The highest BCUT2D eigenvalue weighted by Crippen LogP contribution is 2.23. The van der Waals surface area contributed by atoms with Crippen LogP contribution in [0.4, 0.5) is 14.5 Å². The van der Waals surface area contributed by atoms with Crippen molar-refractivity contribution >= 4 is 40.9 Å². The summed E-state index contributed by atoms with van der Waals surface area (Å²) in [5.74, 6) is -1.65. The van der Waals surface area contributed by atoms with Gasteiger partial charge >= 0.3 is 0 Å². The van der Waals surface area contributed by atoms with Crippen LogP contribution >= 0.6 is 23.4 Å². The summed E-state index contributed by atoms with van der Waals surface area (Å²) < 4.78 is 25.8. The van der Waals surface area contributed by atoms with Gasteiger partial charge in [0, 0.05) is 10.6 Å². The molecule has 0 heterocycles. The van der Waals surface area contributed by atoms with Crippen LogP contribution in [0.5, 0.6) is 0 Å². The maximum atomic E-state index is 13.0. The second-order valence-corrected chi connectivity index (χ2v) is 6.15. The van der Waals surface area contributed by atoms with Gasteiger partial charge in [-0.25, -0.2) is 8.78 Å². The fourth-order valence-corrected chi connectivity index (χ4v) is 2.69. The van der Waals surface area contributed by atoms with Crippen molar-refractivity contribution in [3.05, 3.63) is 59.1 Å². The van der Waals surface area contributed by atoms with Gasteiger partial charge in [-0.1, -0.05) is 11.6 Å². The average molecular weight is 371 g/mol. The molecule has 8 heteroatoms. The zero-order chi connectivity index (χ0) is 17.5. The van der Waals surface area contributed by atoms with Gasteiger partial charge in [0.1, 0.15) is 11.6 Å². The predicted molar refractivity (Wildman–Crippen MR) is 90.2 cm³/mol. The van der Waals surface area contributed by atoms with E-state index in [2.05, 4.69) is 10.6 Å². The number of carbonyl (C=O) groups is 2. The molecule has 0 aliphatic carbocycles. The summed E-state index contributed by atoms with van der Waals surface area (Å²) in [5.41, 5.74) is 0.436. The first-order valence-corrected chi connectivity index (χ1v) is 8.20. The molecule has 2 rings (SSSR count). The lowest BCUT2D eigenvalue weighted by Gasteiger charge is -2.07. The van der Waals surface area contributed by atoms with Crippen LogP contribution in [0, 0.1) is 11.6 Å². The smallest absolute Gasteiger partial charge is 0.243 e. The van der Waals surface area contributed by atoms with Gasteiger partial charge in [-0.2, -0.15) is 0 Å². The van der Waals surface area contributed by atoms with E-state index in [-0.39, 0.29) is 23.2 Å². The summed E-state index contributed by atoms with van der Waals surface area (Å²) in [6, 6.07) is 9.44. The SMILES string of the molecule is O=C(CSc1ccc(F)c(Cl)c1)NCC(=O)Nc1ccc(F)cc1. The normalized spacial score (nSPS) is 10.3. The molecule has 0 radical (unpaired) electrons. The number of carbonyl (C=O) groups excluding carboxylic acids is 2. The van der Waals surface area contributed by atoms with Crippen LogP contribution in [-0.4, -0.2) is 24.1 Å². The summed E-state index contributed by atoms with van der Waals surface area (Å²) in [5, 5.41) is 4.97. The molecule has 2 aromatic carbocycles. The molecule has 4 nitrogen and oxygen atoms in total. The number of benzene rings is 2. The van der Waals surface area contributed by atoms with Gasteiger partial charge in [-0.05, 0) is 42.5 Å². The van der Waals surface area contributed by atoms with E-state index in [0.29, 0.717) is 10.6 Å². The number of nitrogens with one attached hydrogen (secondary N) is 2. The number of amides is 2. The molecule has 2 N–H and O–H groups in total. The third-order valence-electron chi connectivity index (χ3n) is 2.84. The first-order chi connectivity index (χ1) is 11.4. The lowest BCUT2D eigenvalue weighted by Crippen LogP contribution is -2.33. The molecule has 0 aliphatic heterocycles. The quantitative estimate of drug-likeness (QED) is 0.765. The zero-order valence-corrected chi connectivity index (χ0v) is 13.9. The van der Waals surface area contributed by atoms with Gasteiger partial charge in [0.05, 0.1) is 17.3 Å². The predicted octanol–water partition coefficient (Wildman–Crippen LogP) is 3.47. The van der Waals surface area contributed by atoms with E-state index in [9.17, 15) is 18.4 Å². The second kappa shape index (κ2) is 8.65. The minimum atomic E-state index is -0.525. The molecule has 0 aliphatic rings. The molecule has 126 valence electrons. The number of halogens is 3. The van der Waals surface area contributed by atoms with Gasteiger partial charge in [0.2, 0.25) is 11.8 Å². The van der Waals surface area contributed by atoms with Gasteiger partial charge in [0.15, 0.2) is 0 Å². The first-order valence-electron chi connectivity index (χ1n) is 6.84. The Hall–Kier alpha value is -2.12. The monoisotopic (exact) mass is 370 g/mol. The maximum absolute atomic E-state index is 13.0. The summed E-state index contributed by atoms with van der Waals surface area (Å²) in [6.45, 7) is -0.207. The number of thioether (sulfide) groups is 1. The highest BCUT2D eigenvalue weighted by molar-refractivity contribution is 8.00. The van der Waals surface area contributed by atoms with E-state index < -0.39 is 17.5 Å². The molecule has 0 atom stereocenters. The highest BCUT2D eigenvalue weighted by atomic mass is 35.5. The number of hydrogen-bond donors (Lipinski definition) is 2. The molecule has 0 fully saturated rings. The molecule has 0 saturated carbocycles. The van der Waals surface area contributed by atoms with Crippen LogP contribution in [0.1, 0.15) is 0 Å². The van der Waals surface area contributed by atoms with Crippen molar-refractivity contribution in [3.63, 3.8) is 0 Å². The fourth-order valence-electron chi connectivity index (χ4n) is 1.68. The molecule has 2 aromatic rings. The van der Waals surface area contributed by atoms with Gasteiger partial charge in [-0.15, -0.1) is 11.8 Å². The lowest BCUT2D eigenvalue weighted by molar-refractivity contribution is -0.122. The highest BCUT2D eigenvalue weighted by Gasteiger charge is 2.08. The Bertz CT molecular complexity index is 741. The van der Waals surface area contributed by atoms with E-state index in [1.165, 1.54) is 54.2 Å². The molecule has 0 aromatic heterocycles. The van der Waals surface area contributed by atoms with E-state index in [4.69, 9.17) is 11.6 Å². The van der Waals surface area contributed by atoms with Gasteiger partial charge < -0.3 is 10.6 Å². The standard InChI is InChI=1S/C16H13ClF2N2O2S/c17-13-7-12(5-6-14(13)19)24-9-16(23)20-8-15(22)21-11-3-1-10(18)2-4-11/h1-7H,8-9H2,(H,20,23)(H,21,22).